The summed E-state index contributed by atoms with van der Waals surface area (Å²) in [6.45, 7) is 24.5. The Morgan fingerprint density at radius 2 is 0.840 bits per heavy atom. The van der Waals surface area contributed by atoms with Crippen LogP contribution >= 0.6 is 28.3 Å². The SMILES string of the molecule is C.CC(C)(C)OC(=O)N[C@@H]1c2ccccc2CC12CCN(c1nc3c(nc1Br)c(N1CCCCC1)nn3C1CCCCO1)CC2.CC(C)(C)OC(=O)N[C@@H]1c2ccccc2CC12CCN(c1nc3c(nc1C1CC1)c(N1CCCCC1)nn3C1CCCCO1)CC2.Cl.N[C@@H]1c2ccccc2CC12CCN(c1nc3[nH]nc(N4CCCCC4)c3nc1C1CC1)CC2.OB(O)C1CC1. The number of anilines is 6. The van der Waals surface area contributed by atoms with Gasteiger partial charge in [-0.25, -0.2) is 48.9 Å². The molecule has 8 saturated heterocycles. The summed E-state index contributed by atoms with van der Waals surface area (Å²) in [6.07, 6.45) is 32.2. The summed E-state index contributed by atoms with van der Waals surface area (Å²) >= 11 is 3.81. The second kappa shape index (κ2) is 38.6. The number of hydrogen-bond acceptors (Lipinski definition) is 24. The van der Waals surface area contributed by atoms with Gasteiger partial charge in [0.25, 0.3) is 0 Å². The van der Waals surface area contributed by atoms with E-state index in [1.165, 1.54) is 123 Å². The van der Waals surface area contributed by atoms with Crippen LogP contribution in [0.3, 0.4) is 0 Å². The molecule has 0 radical (unpaired) electrons. The first-order valence-corrected chi connectivity index (χ1v) is 49.9. The molecule has 0 bridgehead atoms. The summed E-state index contributed by atoms with van der Waals surface area (Å²) in [5.41, 5.74) is 21.2. The summed E-state index contributed by atoms with van der Waals surface area (Å²) in [7, 11) is -1.04. The first kappa shape index (κ1) is 92.7. The number of carbonyl (C=O) groups excluding carboxylic acids is 2. The van der Waals surface area contributed by atoms with Gasteiger partial charge in [0.15, 0.2) is 80.9 Å². The number of rotatable bonds is 13. The third-order valence-electron chi connectivity index (χ3n) is 30.3. The van der Waals surface area contributed by atoms with Crippen molar-refractivity contribution < 1.29 is 38.6 Å². The predicted molar refractivity (Wildman–Crippen MR) is 520 cm³/mol. The fourth-order valence-corrected chi connectivity index (χ4v) is 23.3. The van der Waals surface area contributed by atoms with Crippen molar-refractivity contribution in [1.82, 2.24) is 70.3 Å². The second-order valence-corrected chi connectivity index (χ2v) is 42.5. The van der Waals surface area contributed by atoms with E-state index in [2.05, 4.69) is 144 Å². The molecule has 8 aliphatic heterocycles. The van der Waals surface area contributed by atoms with Gasteiger partial charge in [0.2, 0.25) is 0 Å². The van der Waals surface area contributed by atoms with Crippen molar-refractivity contribution >= 4 is 116 Å². The Kier molecular flexibility index (Phi) is 27.3. The minimum atomic E-state index is -1.04. The van der Waals surface area contributed by atoms with Crippen molar-refractivity contribution in [2.75, 3.05) is 121 Å². The highest BCUT2D eigenvalue weighted by Gasteiger charge is 2.53. The lowest BCUT2D eigenvalue weighted by Crippen LogP contribution is -2.48. The molecular formula is C99H138BBrClN21O8. The van der Waals surface area contributed by atoms with E-state index in [1.54, 1.807) is 0 Å². The Labute approximate surface area is 786 Å². The zero-order chi connectivity index (χ0) is 88.5. The highest BCUT2D eigenvalue weighted by molar-refractivity contribution is 9.10. The molecule has 14 aliphatic rings. The largest absolute Gasteiger partial charge is 0.454 e. The Hall–Kier alpha value is -8.72. The quantitative estimate of drug-likeness (QED) is 0.0584. The maximum Gasteiger partial charge on any atom is 0.454 e. The van der Waals surface area contributed by atoms with E-state index in [-0.39, 0.29) is 84.7 Å². The summed E-state index contributed by atoms with van der Waals surface area (Å²) in [5, 5.41) is 41.3. The molecule has 6 aromatic heterocycles. The van der Waals surface area contributed by atoms with Gasteiger partial charge in [-0.15, -0.1) is 22.6 Å². The van der Waals surface area contributed by atoms with Crippen LogP contribution in [-0.2, 0) is 38.2 Å². The average Bonchev–Trinajstić information content (AvgIpc) is 1.59. The molecule has 3 aromatic carbocycles. The van der Waals surface area contributed by atoms with Crippen LogP contribution in [0.15, 0.2) is 77.4 Å². The van der Waals surface area contributed by atoms with Crippen molar-refractivity contribution in [2.24, 2.45) is 22.0 Å². The zero-order valence-corrected chi connectivity index (χ0v) is 79.4. The predicted octanol–water partition coefficient (Wildman–Crippen LogP) is 18.2. The number of amides is 2. The van der Waals surface area contributed by atoms with Gasteiger partial charge >= 0.3 is 19.3 Å². The lowest BCUT2D eigenvalue weighted by Gasteiger charge is -2.44. The van der Waals surface area contributed by atoms with Gasteiger partial charge in [0.05, 0.1) is 23.5 Å². The summed E-state index contributed by atoms with van der Waals surface area (Å²) in [6, 6.07) is 25.9. The zero-order valence-electron chi connectivity index (χ0n) is 77.0. The molecule has 9 aromatic rings. The summed E-state index contributed by atoms with van der Waals surface area (Å²) in [4.78, 5) is 72.2. The van der Waals surface area contributed by atoms with E-state index in [1.807, 2.05) is 46.2 Å². The van der Waals surface area contributed by atoms with Crippen LogP contribution in [0.4, 0.5) is 44.5 Å². The molecule has 3 spiro atoms. The van der Waals surface area contributed by atoms with Gasteiger partial charge < -0.3 is 74.8 Å². The molecule has 14 heterocycles. The summed E-state index contributed by atoms with van der Waals surface area (Å²) in [5.74, 6) is 7.09. The number of hydrogen-bond donors (Lipinski definition) is 6. The molecule has 3 saturated carbocycles. The van der Waals surface area contributed by atoms with E-state index < -0.39 is 18.3 Å². The minimum absolute atomic E-state index is 0. The molecule has 32 heteroatoms. The molecule has 7 N–H and O–H groups in total. The second-order valence-electron chi connectivity index (χ2n) is 41.7. The summed E-state index contributed by atoms with van der Waals surface area (Å²) < 4.78 is 28.7. The number of H-pyrrole nitrogens is 1. The van der Waals surface area contributed by atoms with Crippen LogP contribution in [0.5, 0.6) is 0 Å². The molecule has 23 rings (SSSR count). The van der Waals surface area contributed by atoms with Crippen LogP contribution in [0.25, 0.3) is 33.5 Å². The highest BCUT2D eigenvalue weighted by atomic mass is 79.9. The molecular weight excluding hydrogens is 1740 g/mol. The van der Waals surface area contributed by atoms with Crippen molar-refractivity contribution in [1.29, 1.82) is 0 Å². The Morgan fingerprint density at radius 3 is 1.25 bits per heavy atom. The molecule has 2 amide bonds. The lowest BCUT2D eigenvalue weighted by molar-refractivity contribution is -0.0370. The number of aromatic nitrogens is 12. The van der Waals surface area contributed by atoms with Crippen LogP contribution in [0, 0.1) is 16.2 Å². The van der Waals surface area contributed by atoms with Gasteiger partial charge in [0, 0.05) is 120 Å². The molecule has 29 nitrogen and oxygen atoms in total. The number of piperidine rings is 6. The molecule has 131 heavy (non-hydrogen) atoms. The standard InChI is InChI=1S/C36H49N7O3.C33H44BrN7O3.C26H33N7.C3H7BO2.CH4.ClH/c1-35(2,3)46-34(44)38-30-26-12-6-5-11-25(26)23-36(30)16-20-42(21-17-36)31-28(24-14-15-24)37-29-32(39-31)43(27-13-7-10-22-45-27)40-33(29)41-18-8-4-9-19-41;1-32(2,3)44-31(42)36-26-23-12-6-5-11-22(23)21-33(26)14-18-40(19-15-33)30-27(34)35-25-28(37-30)41(24-13-7-10-20-43-24)38-29(25)39-16-8-4-9-17-39;27-22-19-7-3-2-6-18(19)16-26(22)10-14-33(15-11-26)24-20(17-8-9-17)28-21-23(29-24)30-31-25(21)32-12-4-1-5-13-32;5-4(6)3-1-2-3;;/h5-6,11-12,24,27,30H,4,7-10,13-23H2,1-3H3,(H,38,44);5-6,11-12,24,26H,4,7-10,13-21H2,1-3H3,(H,36,42);2-3,6-7,17,22H,1,4-5,8-16,27H2,(H,29,30,31);3,5-6H,1-2H2;1H4;1H/t27?,30-;24?,26-;22-;;;/m111.../s1. The first-order chi connectivity index (χ1) is 62.5. The number of nitrogens with zero attached hydrogens (tertiary/aromatic N) is 17. The molecule has 5 atom stereocenters. The van der Waals surface area contributed by atoms with Gasteiger partial charge in [-0.2, -0.15) is 5.10 Å². The average molecular weight is 1880 g/mol. The monoisotopic (exact) mass is 1870 g/mol. The van der Waals surface area contributed by atoms with Crippen molar-refractivity contribution in [3.8, 4) is 0 Å². The van der Waals surface area contributed by atoms with Gasteiger partial charge in [-0.1, -0.05) is 93.1 Å². The maximum atomic E-state index is 13.1. The molecule has 2 unspecified atom stereocenters. The van der Waals surface area contributed by atoms with Crippen LogP contribution < -0.4 is 45.8 Å². The van der Waals surface area contributed by atoms with Crippen LogP contribution in [-0.4, -0.2) is 192 Å². The van der Waals surface area contributed by atoms with Crippen LogP contribution in [0.2, 0.25) is 5.82 Å². The van der Waals surface area contributed by atoms with Crippen LogP contribution in [0.1, 0.15) is 310 Å². The normalized spacial score (nSPS) is 23.8. The number of carbonyl (C=O) groups is 2. The van der Waals surface area contributed by atoms with Gasteiger partial charge in [0.1, 0.15) is 15.8 Å². The molecule has 11 fully saturated rings. The Balaban J connectivity index is 0.000000128. The number of ether oxygens (including phenoxy) is 4. The number of nitrogens with two attached hydrogens (primary N) is 1. The first-order valence-electron chi connectivity index (χ1n) is 49.1. The smallest absolute Gasteiger partial charge is 0.444 e. The van der Waals surface area contributed by atoms with Crippen molar-refractivity contribution in [3.63, 3.8) is 0 Å². The van der Waals surface area contributed by atoms with Crippen molar-refractivity contribution in [2.45, 2.75) is 301 Å². The van der Waals surface area contributed by atoms with Gasteiger partial charge in [-0.3, -0.25) is 5.10 Å². The fourth-order valence-electron chi connectivity index (χ4n) is 22.8. The number of benzene rings is 3. The van der Waals surface area contributed by atoms with Gasteiger partial charge in [-0.05, 0) is 282 Å². The van der Waals surface area contributed by atoms with E-state index >= 15 is 0 Å². The van der Waals surface area contributed by atoms with E-state index in [0.29, 0.717) is 11.8 Å². The number of fused-ring (bicyclic) bond motifs is 6. The topological polar surface area (TPSA) is 323 Å². The lowest BCUT2D eigenvalue weighted by atomic mass is 9.72. The van der Waals surface area contributed by atoms with E-state index in [0.717, 1.165) is 280 Å². The molecule has 704 valence electrons. The Morgan fingerprint density at radius 1 is 0.458 bits per heavy atom. The van der Waals surface area contributed by atoms with E-state index in [4.69, 9.17) is 74.8 Å². The number of alkyl carbamates (subject to hydrolysis) is 2. The number of nitrogens with one attached hydrogen (secondary N) is 3. The highest BCUT2D eigenvalue weighted by Crippen LogP contribution is 2.57. The third kappa shape index (κ3) is 19.5. The molecule has 6 aliphatic carbocycles. The minimum Gasteiger partial charge on any atom is -0.444 e. The van der Waals surface area contributed by atoms with E-state index in [9.17, 15) is 9.59 Å². The van der Waals surface area contributed by atoms with Crippen molar-refractivity contribution in [3.05, 3.63) is 122 Å². The maximum absolute atomic E-state index is 13.1. The Bertz CT molecular complexity index is 5500. The third-order valence-corrected chi connectivity index (χ3v) is 30.8. The number of aromatic amines is 1. The number of halogens is 2. The fraction of sp³-hybridized carbons (Fsp3) is 0.646.